The fraction of sp³-hybridized carbons (Fsp3) is 0.727. The first-order chi connectivity index (χ1) is 12.2. The van der Waals surface area contributed by atoms with Crippen LogP contribution < -0.4 is 0 Å². The standard InChI is InChI=1S/C22H34F2Si/c1-2-3-4-5-17-6-9-20(10-7-17)25-14-12-18(13-15-25)19-8-11-21(23)22(24)16-19/h8,11,16-18,20,25H,2-7,9-10,12-15H2,1H3/t17-,18-,20-,25-. The first kappa shape index (κ1) is 19.1. The lowest BCUT2D eigenvalue weighted by molar-refractivity contribution is 0.325. The first-order valence-electron chi connectivity index (χ1n) is 10.6. The zero-order valence-corrected chi connectivity index (χ0v) is 16.9. The normalized spacial score (nSPS) is 30.4. The molecule has 1 aliphatic heterocycles. The average Bonchev–Trinajstić information content (AvgIpc) is 2.65. The van der Waals surface area contributed by atoms with E-state index in [-0.39, 0.29) is 0 Å². The second-order valence-corrected chi connectivity index (χ2v) is 12.2. The maximum atomic E-state index is 13.5. The van der Waals surface area contributed by atoms with E-state index in [0.717, 1.165) is 17.0 Å². The number of unbranched alkanes of at least 4 members (excludes halogenated alkanes) is 2. The summed E-state index contributed by atoms with van der Waals surface area (Å²) >= 11 is 0. The number of hydrogen-bond donors (Lipinski definition) is 0. The van der Waals surface area contributed by atoms with E-state index in [1.54, 1.807) is 6.07 Å². The highest BCUT2D eigenvalue weighted by atomic mass is 28.3. The number of rotatable bonds is 6. The van der Waals surface area contributed by atoms with E-state index in [2.05, 4.69) is 6.92 Å². The van der Waals surface area contributed by atoms with Crippen LogP contribution in [0.2, 0.25) is 17.6 Å². The summed E-state index contributed by atoms with van der Waals surface area (Å²) in [6.07, 6.45) is 14.0. The van der Waals surface area contributed by atoms with E-state index in [0.29, 0.717) is 5.92 Å². The lowest BCUT2D eigenvalue weighted by Crippen LogP contribution is -2.29. The molecule has 3 heteroatoms. The van der Waals surface area contributed by atoms with Crippen LogP contribution in [0.1, 0.15) is 82.6 Å². The molecule has 0 nitrogen and oxygen atoms in total. The van der Waals surface area contributed by atoms with Crippen molar-refractivity contribution in [3.8, 4) is 0 Å². The summed E-state index contributed by atoms with van der Waals surface area (Å²) < 4.78 is 26.6. The molecule has 1 heterocycles. The fourth-order valence-corrected chi connectivity index (χ4v) is 9.54. The molecule has 0 bridgehead atoms. The van der Waals surface area contributed by atoms with Crippen LogP contribution in [0.25, 0.3) is 0 Å². The van der Waals surface area contributed by atoms with Gasteiger partial charge in [-0.15, -0.1) is 0 Å². The smallest absolute Gasteiger partial charge is 0.159 e. The minimum absolute atomic E-state index is 0.462. The molecule has 2 fully saturated rings. The van der Waals surface area contributed by atoms with Crippen LogP contribution in [-0.2, 0) is 0 Å². The molecule has 1 aromatic carbocycles. The predicted octanol–water partition coefficient (Wildman–Crippen LogP) is 7.21. The van der Waals surface area contributed by atoms with Gasteiger partial charge in [0.05, 0.1) is 0 Å². The van der Waals surface area contributed by atoms with Gasteiger partial charge in [0.15, 0.2) is 11.6 Å². The van der Waals surface area contributed by atoms with Crippen molar-refractivity contribution in [1.29, 1.82) is 0 Å². The van der Waals surface area contributed by atoms with Gasteiger partial charge in [0.1, 0.15) is 0 Å². The van der Waals surface area contributed by atoms with E-state index in [1.807, 2.05) is 0 Å². The van der Waals surface area contributed by atoms with E-state index in [1.165, 1.54) is 88.4 Å². The first-order valence-corrected chi connectivity index (χ1v) is 12.9. The summed E-state index contributed by atoms with van der Waals surface area (Å²) in [6, 6.07) is 7.35. The van der Waals surface area contributed by atoms with Crippen molar-refractivity contribution in [2.24, 2.45) is 5.92 Å². The molecule has 3 rings (SSSR count). The number of benzene rings is 1. The molecule has 0 unspecified atom stereocenters. The molecule has 2 aliphatic rings. The molecule has 0 radical (unpaired) electrons. The van der Waals surface area contributed by atoms with Crippen LogP contribution in [-0.4, -0.2) is 8.80 Å². The molecule has 25 heavy (non-hydrogen) atoms. The van der Waals surface area contributed by atoms with Crippen LogP contribution in [0.3, 0.4) is 0 Å². The summed E-state index contributed by atoms with van der Waals surface area (Å²) in [5, 5.41) is 0. The Morgan fingerprint density at radius 3 is 2.28 bits per heavy atom. The molecular weight excluding hydrogens is 330 g/mol. The molecular formula is C22H34F2Si. The Labute approximate surface area is 154 Å². The Bertz CT molecular complexity index is 529. The monoisotopic (exact) mass is 364 g/mol. The molecule has 0 amide bonds. The van der Waals surface area contributed by atoms with Crippen molar-refractivity contribution in [3.05, 3.63) is 35.4 Å². The van der Waals surface area contributed by atoms with Crippen LogP contribution >= 0.6 is 0 Å². The second-order valence-electron chi connectivity index (χ2n) is 8.56. The fourth-order valence-electron chi connectivity index (χ4n) is 5.32. The lowest BCUT2D eigenvalue weighted by Gasteiger charge is -2.37. The molecule has 1 aliphatic carbocycles. The van der Waals surface area contributed by atoms with Crippen LogP contribution in [0.4, 0.5) is 8.78 Å². The van der Waals surface area contributed by atoms with Crippen molar-refractivity contribution >= 4 is 8.80 Å². The Morgan fingerprint density at radius 2 is 1.64 bits per heavy atom. The SMILES string of the molecule is CCCCC[C@H]1CC[C@H]([Si@H]2CC[C@H](c3ccc(F)c(F)c3)CC2)CC1. The number of halogens is 2. The Kier molecular flexibility index (Phi) is 7.09. The summed E-state index contributed by atoms with van der Waals surface area (Å²) in [7, 11) is -0.620. The Balaban J connectivity index is 1.43. The summed E-state index contributed by atoms with van der Waals surface area (Å²) in [5.41, 5.74) is 2.08. The van der Waals surface area contributed by atoms with E-state index < -0.39 is 20.4 Å². The van der Waals surface area contributed by atoms with Crippen molar-refractivity contribution in [2.75, 3.05) is 0 Å². The van der Waals surface area contributed by atoms with Crippen molar-refractivity contribution in [3.63, 3.8) is 0 Å². The van der Waals surface area contributed by atoms with Gasteiger partial charge in [-0.25, -0.2) is 8.78 Å². The molecule has 140 valence electrons. The Hall–Kier alpha value is -0.703. The predicted molar refractivity (Wildman–Crippen MR) is 105 cm³/mol. The summed E-state index contributed by atoms with van der Waals surface area (Å²) in [4.78, 5) is 0. The largest absolute Gasteiger partial charge is 0.204 e. The highest BCUT2D eigenvalue weighted by Gasteiger charge is 2.32. The molecule has 0 N–H and O–H groups in total. The third-order valence-electron chi connectivity index (χ3n) is 6.96. The van der Waals surface area contributed by atoms with Gasteiger partial charge in [0.25, 0.3) is 0 Å². The van der Waals surface area contributed by atoms with Gasteiger partial charge >= 0.3 is 0 Å². The highest BCUT2D eigenvalue weighted by Crippen LogP contribution is 2.44. The van der Waals surface area contributed by atoms with Crippen LogP contribution in [0.15, 0.2) is 18.2 Å². The zero-order chi connectivity index (χ0) is 17.6. The van der Waals surface area contributed by atoms with Crippen molar-refractivity contribution in [1.82, 2.24) is 0 Å². The molecule has 1 saturated carbocycles. The van der Waals surface area contributed by atoms with Crippen molar-refractivity contribution in [2.45, 2.75) is 94.7 Å². The molecule has 0 atom stereocenters. The van der Waals surface area contributed by atoms with Gasteiger partial charge < -0.3 is 0 Å². The average molecular weight is 365 g/mol. The maximum absolute atomic E-state index is 13.5. The van der Waals surface area contributed by atoms with Crippen LogP contribution in [0, 0.1) is 17.6 Å². The minimum Gasteiger partial charge on any atom is -0.204 e. The van der Waals surface area contributed by atoms with Gasteiger partial charge in [-0.05, 0) is 47.9 Å². The maximum Gasteiger partial charge on any atom is 0.159 e. The van der Waals surface area contributed by atoms with E-state index >= 15 is 0 Å². The van der Waals surface area contributed by atoms with Gasteiger partial charge in [0.2, 0.25) is 0 Å². The van der Waals surface area contributed by atoms with Crippen LogP contribution in [0.5, 0.6) is 0 Å². The third kappa shape index (κ3) is 5.15. The Morgan fingerprint density at radius 1 is 0.920 bits per heavy atom. The van der Waals surface area contributed by atoms with Gasteiger partial charge in [-0.2, -0.15) is 0 Å². The van der Waals surface area contributed by atoms with Gasteiger partial charge in [0, 0.05) is 8.80 Å². The molecule has 1 saturated heterocycles. The third-order valence-corrected chi connectivity index (χ3v) is 11.1. The minimum atomic E-state index is -0.720. The topological polar surface area (TPSA) is 0 Å². The van der Waals surface area contributed by atoms with Crippen molar-refractivity contribution < 1.29 is 8.78 Å². The lowest BCUT2D eigenvalue weighted by atomic mass is 9.85. The quantitative estimate of drug-likeness (QED) is 0.369. The second kappa shape index (κ2) is 9.30. The highest BCUT2D eigenvalue weighted by molar-refractivity contribution is 6.60. The summed E-state index contributed by atoms with van der Waals surface area (Å²) in [5.74, 6) is 0.0698. The molecule has 0 spiro atoms. The number of hydrogen-bond acceptors (Lipinski definition) is 0. The molecule has 1 aromatic rings. The van der Waals surface area contributed by atoms with Gasteiger partial charge in [-0.1, -0.05) is 76.4 Å². The zero-order valence-electron chi connectivity index (χ0n) is 15.8. The van der Waals surface area contributed by atoms with E-state index in [4.69, 9.17) is 0 Å². The molecule has 0 aromatic heterocycles. The summed E-state index contributed by atoms with van der Waals surface area (Å²) in [6.45, 7) is 2.29. The van der Waals surface area contributed by atoms with Gasteiger partial charge in [-0.3, -0.25) is 0 Å². The van der Waals surface area contributed by atoms with E-state index in [9.17, 15) is 8.78 Å².